The van der Waals surface area contributed by atoms with Crippen LogP contribution in [0.5, 0.6) is 0 Å². The smallest absolute Gasteiger partial charge is 0.254 e. The second-order valence-corrected chi connectivity index (χ2v) is 4.82. The molecule has 3 rings (SSSR count). The van der Waals surface area contributed by atoms with Gasteiger partial charge in [0, 0.05) is 18.1 Å². The molecule has 2 aliphatic rings. The third kappa shape index (κ3) is 1.87. The summed E-state index contributed by atoms with van der Waals surface area (Å²) >= 11 is 6.02. The lowest BCUT2D eigenvalue weighted by molar-refractivity contribution is 0.0926. The summed E-state index contributed by atoms with van der Waals surface area (Å²) in [5.41, 5.74) is 1.67. The molecule has 1 fully saturated rings. The fourth-order valence-electron chi connectivity index (χ4n) is 2.48. The molecule has 1 aromatic carbocycles. The van der Waals surface area contributed by atoms with Crippen molar-refractivity contribution in [2.75, 3.05) is 24.5 Å². The van der Waals surface area contributed by atoms with Crippen LogP contribution in [0.3, 0.4) is 0 Å². The molecule has 17 heavy (non-hydrogen) atoms. The number of carbonyl (C=O) groups is 1. The quantitative estimate of drug-likeness (QED) is 0.729. The molecule has 0 bridgehead atoms. The zero-order valence-electron chi connectivity index (χ0n) is 9.37. The molecule has 1 atom stereocenters. The van der Waals surface area contributed by atoms with E-state index < -0.39 is 0 Å². The van der Waals surface area contributed by atoms with Crippen molar-refractivity contribution in [1.82, 2.24) is 10.6 Å². The molecule has 0 aromatic heterocycles. The van der Waals surface area contributed by atoms with E-state index in [0.29, 0.717) is 10.6 Å². The van der Waals surface area contributed by atoms with Gasteiger partial charge in [-0.3, -0.25) is 4.79 Å². The fraction of sp³-hybridized carbons (Fsp3) is 0.417. The van der Waals surface area contributed by atoms with E-state index in [1.165, 1.54) is 0 Å². The van der Waals surface area contributed by atoms with Crippen molar-refractivity contribution >= 4 is 23.2 Å². The molecule has 1 saturated heterocycles. The number of benzene rings is 1. The maximum Gasteiger partial charge on any atom is 0.254 e. The van der Waals surface area contributed by atoms with E-state index in [9.17, 15) is 4.79 Å². The van der Waals surface area contributed by atoms with Crippen molar-refractivity contribution in [2.45, 2.75) is 12.6 Å². The van der Waals surface area contributed by atoms with Gasteiger partial charge in [-0.1, -0.05) is 11.6 Å². The SMILES string of the molecule is O=C1N[C@H]2CCNCCN2c2cc(Cl)ccc21. The molecule has 0 spiro atoms. The van der Waals surface area contributed by atoms with Gasteiger partial charge < -0.3 is 15.5 Å². The van der Waals surface area contributed by atoms with E-state index in [2.05, 4.69) is 15.5 Å². The number of hydrogen-bond acceptors (Lipinski definition) is 3. The maximum atomic E-state index is 12.0. The van der Waals surface area contributed by atoms with Crippen LogP contribution in [0.1, 0.15) is 16.8 Å². The number of anilines is 1. The van der Waals surface area contributed by atoms with Crippen molar-refractivity contribution in [3.63, 3.8) is 0 Å². The van der Waals surface area contributed by atoms with Gasteiger partial charge in [0.2, 0.25) is 0 Å². The van der Waals surface area contributed by atoms with Crippen LogP contribution in [0, 0.1) is 0 Å². The third-order valence-electron chi connectivity index (χ3n) is 3.31. The highest BCUT2D eigenvalue weighted by Crippen LogP contribution is 2.30. The Morgan fingerprint density at radius 3 is 3.12 bits per heavy atom. The zero-order valence-corrected chi connectivity index (χ0v) is 10.1. The Hall–Kier alpha value is -1.26. The molecular formula is C12H14ClN3O. The van der Waals surface area contributed by atoms with Crippen molar-refractivity contribution in [2.24, 2.45) is 0 Å². The molecule has 1 aromatic rings. The largest absolute Gasteiger partial charge is 0.349 e. The molecule has 2 N–H and O–H groups in total. The second kappa shape index (κ2) is 4.20. The molecule has 0 saturated carbocycles. The summed E-state index contributed by atoms with van der Waals surface area (Å²) in [5, 5.41) is 7.05. The number of hydrogen-bond donors (Lipinski definition) is 2. The van der Waals surface area contributed by atoms with Crippen molar-refractivity contribution in [1.29, 1.82) is 0 Å². The molecule has 0 unspecified atom stereocenters. The van der Waals surface area contributed by atoms with Crippen LogP contribution in [-0.4, -0.2) is 31.7 Å². The minimum atomic E-state index is -0.000170. The van der Waals surface area contributed by atoms with E-state index in [0.717, 1.165) is 31.7 Å². The number of rotatable bonds is 0. The summed E-state index contributed by atoms with van der Waals surface area (Å²) in [7, 11) is 0. The molecule has 5 heteroatoms. The molecule has 0 aliphatic carbocycles. The van der Waals surface area contributed by atoms with Crippen LogP contribution >= 0.6 is 11.6 Å². The van der Waals surface area contributed by atoms with Gasteiger partial charge in [0.25, 0.3) is 5.91 Å². The molecule has 0 radical (unpaired) electrons. The number of nitrogens with one attached hydrogen (secondary N) is 2. The average molecular weight is 252 g/mol. The lowest BCUT2D eigenvalue weighted by Gasteiger charge is -2.37. The Labute approximate surface area is 105 Å². The predicted molar refractivity (Wildman–Crippen MR) is 67.5 cm³/mol. The van der Waals surface area contributed by atoms with Crippen LogP contribution in [0.2, 0.25) is 5.02 Å². The van der Waals surface area contributed by atoms with E-state index in [1.54, 1.807) is 12.1 Å². The monoisotopic (exact) mass is 251 g/mol. The number of fused-ring (bicyclic) bond motifs is 3. The number of carbonyl (C=O) groups excluding carboxylic acids is 1. The van der Waals surface area contributed by atoms with Crippen molar-refractivity contribution in [3.8, 4) is 0 Å². The van der Waals surface area contributed by atoms with Gasteiger partial charge in [-0.2, -0.15) is 0 Å². The van der Waals surface area contributed by atoms with Gasteiger partial charge in [-0.15, -0.1) is 0 Å². The minimum absolute atomic E-state index is 0.000170. The average Bonchev–Trinajstić information content (AvgIpc) is 2.54. The van der Waals surface area contributed by atoms with Crippen molar-refractivity contribution < 1.29 is 4.79 Å². The highest BCUT2D eigenvalue weighted by atomic mass is 35.5. The highest BCUT2D eigenvalue weighted by Gasteiger charge is 2.31. The fourth-order valence-corrected chi connectivity index (χ4v) is 2.64. The first-order valence-corrected chi connectivity index (χ1v) is 6.21. The first-order valence-electron chi connectivity index (χ1n) is 5.83. The first kappa shape index (κ1) is 10.9. The summed E-state index contributed by atoms with van der Waals surface area (Å²) in [6.07, 6.45) is 1.00. The second-order valence-electron chi connectivity index (χ2n) is 4.38. The Morgan fingerprint density at radius 1 is 1.35 bits per heavy atom. The molecular weight excluding hydrogens is 238 g/mol. The highest BCUT2D eigenvalue weighted by molar-refractivity contribution is 6.31. The first-order chi connectivity index (χ1) is 8.25. The van der Waals surface area contributed by atoms with Crippen LogP contribution in [0.25, 0.3) is 0 Å². The lowest BCUT2D eigenvalue weighted by Crippen LogP contribution is -2.53. The molecule has 2 heterocycles. The summed E-state index contributed by atoms with van der Waals surface area (Å²) < 4.78 is 0. The summed E-state index contributed by atoms with van der Waals surface area (Å²) in [6, 6.07) is 5.44. The number of halogens is 1. The zero-order chi connectivity index (χ0) is 11.8. The summed E-state index contributed by atoms with van der Waals surface area (Å²) in [6.45, 7) is 2.74. The third-order valence-corrected chi connectivity index (χ3v) is 3.55. The summed E-state index contributed by atoms with van der Waals surface area (Å²) in [4.78, 5) is 14.2. The van der Waals surface area contributed by atoms with Crippen LogP contribution < -0.4 is 15.5 Å². The van der Waals surface area contributed by atoms with Gasteiger partial charge in [0.1, 0.15) is 6.17 Å². The predicted octanol–water partition coefficient (Wildman–Crippen LogP) is 1.21. The standard InChI is InChI=1S/C12H14ClN3O/c13-8-1-2-9-10(7-8)16-6-5-14-4-3-11(16)15-12(9)17/h1-2,7,11,14H,3-6H2,(H,15,17)/t11-/m1/s1. The molecule has 1 amide bonds. The normalized spacial score (nSPS) is 23.5. The van der Waals surface area contributed by atoms with Gasteiger partial charge in [0.05, 0.1) is 11.3 Å². The Bertz CT molecular complexity index is 463. The van der Waals surface area contributed by atoms with E-state index in [-0.39, 0.29) is 12.1 Å². The molecule has 4 nitrogen and oxygen atoms in total. The summed E-state index contributed by atoms with van der Waals surface area (Å²) in [5.74, 6) is -0.000170. The van der Waals surface area contributed by atoms with Crippen molar-refractivity contribution in [3.05, 3.63) is 28.8 Å². The molecule has 90 valence electrons. The Morgan fingerprint density at radius 2 is 2.24 bits per heavy atom. The Kier molecular flexibility index (Phi) is 2.68. The van der Waals surface area contributed by atoms with Gasteiger partial charge in [-0.25, -0.2) is 0 Å². The van der Waals surface area contributed by atoms with Crippen LogP contribution in [0.15, 0.2) is 18.2 Å². The van der Waals surface area contributed by atoms with Gasteiger partial charge in [0.15, 0.2) is 0 Å². The Balaban J connectivity index is 2.06. The lowest BCUT2D eigenvalue weighted by atomic mass is 10.1. The maximum absolute atomic E-state index is 12.0. The minimum Gasteiger partial charge on any atom is -0.349 e. The van der Waals surface area contributed by atoms with E-state index >= 15 is 0 Å². The van der Waals surface area contributed by atoms with Crippen LogP contribution in [0.4, 0.5) is 5.69 Å². The van der Waals surface area contributed by atoms with Gasteiger partial charge in [-0.05, 0) is 31.2 Å². The number of amides is 1. The van der Waals surface area contributed by atoms with Crippen LogP contribution in [-0.2, 0) is 0 Å². The van der Waals surface area contributed by atoms with E-state index in [1.807, 2.05) is 6.07 Å². The van der Waals surface area contributed by atoms with Gasteiger partial charge >= 0.3 is 0 Å². The van der Waals surface area contributed by atoms with E-state index in [4.69, 9.17) is 11.6 Å². The topological polar surface area (TPSA) is 44.4 Å². The molecule has 2 aliphatic heterocycles. The number of nitrogens with zero attached hydrogens (tertiary/aromatic N) is 1.